The van der Waals surface area contributed by atoms with Gasteiger partial charge in [0.2, 0.25) is 0 Å². The highest BCUT2D eigenvalue weighted by Crippen LogP contribution is 2.37. The van der Waals surface area contributed by atoms with Crippen molar-refractivity contribution in [3.8, 4) is 0 Å². The van der Waals surface area contributed by atoms with Gasteiger partial charge >= 0.3 is 0 Å². The number of nitrogens with one attached hydrogen (secondary N) is 2. The molecule has 0 spiro atoms. The van der Waals surface area contributed by atoms with Crippen LogP contribution in [0.2, 0.25) is 10.0 Å². The van der Waals surface area contributed by atoms with Gasteiger partial charge in [0.25, 0.3) is 0 Å². The zero-order chi connectivity index (χ0) is 15.5. The second-order valence-electron chi connectivity index (χ2n) is 4.98. The van der Waals surface area contributed by atoms with E-state index in [-0.39, 0.29) is 6.04 Å². The van der Waals surface area contributed by atoms with Gasteiger partial charge in [-0.1, -0.05) is 29.3 Å². The van der Waals surface area contributed by atoms with Crippen molar-refractivity contribution in [1.82, 2.24) is 5.32 Å². The second-order valence-corrected chi connectivity index (χ2v) is 7.40. The van der Waals surface area contributed by atoms with Gasteiger partial charge in [0.1, 0.15) is 0 Å². The molecule has 1 aliphatic rings. The predicted molar refractivity (Wildman–Crippen MR) is 100 cm³/mol. The Hall–Kier alpha value is -0.940. The number of halogens is 2. The minimum Gasteiger partial charge on any atom is -0.356 e. The molecule has 22 heavy (non-hydrogen) atoms. The van der Waals surface area contributed by atoms with E-state index in [2.05, 4.69) is 16.7 Å². The average molecular weight is 369 g/mol. The topological polar surface area (TPSA) is 24.1 Å². The smallest absolute Gasteiger partial charge is 0.171 e. The molecule has 2 aromatic rings. The Labute approximate surface area is 149 Å². The van der Waals surface area contributed by atoms with Gasteiger partial charge in [0.15, 0.2) is 5.11 Å². The lowest BCUT2D eigenvalue weighted by Gasteiger charge is -2.27. The van der Waals surface area contributed by atoms with Gasteiger partial charge in [-0.15, -0.1) is 11.8 Å². The number of anilines is 1. The molecule has 1 heterocycles. The third-order valence-corrected chi connectivity index (χ3v) is 5.21. The monoisotopic (exact) mass is 368 g/mol. The summed E-state index contributed by atoms with van der Waals surface area (Å²) in [5.41, 5.74) is 2.08. The van der Waals surface area contributed by atoms with E-state index in [4.69, 9.17) is 35.4 Å². The molecular formula is C16H14Cl2N2S2. The van der Waals surface area contributed by atoms with Crippen LogP contribution in [0.3, 0.4) is 0 Å². The number of fused-ring (bicyclic) bond motifs is 1. The first-order chi connectivity index (χ1) is 10.6. The van der Waals surface area contributed by atoms with Crippen LogP contribution in [0.5, 0.6) is 0 Å². The summed E-state index contributed by atoms with van der Waals surface area (Å²) in [6.45, 7) is 0. The van der Waals surface area contributed by atoms with Crippen LogP contribution in [0.1, 0.15) is 18.0 Å². The van der Waals surface area contributed by atoms with Crippen molar-refractivity contribution < 1.29 is 0 Å². The lowest BCUT2D eigenvalue weighted by atomic mass is 10.0. The van der Waals surface area contributed by atoms with Crippen LogP contribution in [-0.4, -0.2) is 10.9 Å². The summed E-state index contributed by atoms with van der Waals surface area (Å²) in [5.74, 6) is 1.06. The van der Waals surface area contributed by atoms with Crippen molar-refractivity contribution in [2.75, 3.05) is 11.1 Å². The summed E-state index contributed by atoms with van der Waals surface area (Å²) in [5, 5.41) is 8.57. The molecule has 6 heteroatoms. The van der Waals surface area contributed by atoms with Gasteiger partial charge in [0.05, 0.1) is 6.04 Å². The molecule has 2 aromatic carbocycles. The molecule has 1 atom stereocenters. The first-order valence-electron chi connectivity index (χ1n) is 6.87. The van der Waals surface area contributed by atoms with E-state index in [9.17, 15) is 0 Å². The van der Waals surface area contributed by atoms with Crippen LogP contribution in [0.15, 0.2) is 47.4 Å². The Kier molecular flexibility index (Phi) is 5.14. The largest absolute Gasteiger partial charge is 0.356 e. The van der Waals surface area contributed by atoms with Gasteiger partial charge in [-0.05, 0) is 60.6 Å². The van der Waals surface area contributed by atoms with Crippen LogP contribution in [0.4, 0.5) is 5.69 Å². The molecule has 114 valence electrons. The Bertz CT molecular complexity index is 706. The maximum Gasteiger partial charge on any atom is 0.171 e. The highest BCUT2D eigenvalue weighted by molar-refractivity contribution is 7.99. The number of thiocarbonyl (C=S) groups is 1. The lowest BCUT2D eigenvalue weighted by molar-refractivity contribution is 0.614. The van der Waals surface area contributed by atoms with Crippen molar-refractivity contribution in [2.45, 2.75) is 17.4 Å². The Morgan fingerprint density at radius 2 is 1.95 bits per heavy atom. The van der Waals surface area contributed by atoms with Gasteiger partial charge in [-0.2, -0.15) is 0 Å². The van der Waals surface area contributed by atoms with E-state index < -0.39 is 0 Å². The molecule has 0 amide bonds. The fourth-order valence-electron chi connectivity index (χ4n) is 2.41. The quantitative estimate of drug-likeness (QED) is 0.681. The SMILES string of the molecule is S=C(Nc1cccc(Cl)c1)N[C@H]1CCSc2ccc(Cl)cc21. The number of benzene rings is 2. The fourth-order valence-corrected chi connectivity index (χ4v) is 4.14. The Morgan fingerprint density at radius 3 is 2.77 bits per heavy atom. The summed E-state index contributed by atoms with van der Waals surface area (Å²) >= 11 is 19.4. The van der Waals surface area contributed by atoms with E-state index in [1.165, 1.54) is 10.5 Å². The van der Waals surface area contributed by atoms with E-state index in [1.807, 2.05) is 48.2 Å². The van der Waals surface area contributed by atoms with E-state index in [0.717, 1.165) is 22.9 Å². The van der Waals surface area contributed by atoms with Gasteiger partial charge in [0, 0.05) is 26.4 Å². The van der Waals surface area contributed by atoms with Crippen molar-refractivity contribution in [3.05, 3.63) is 58.1 Å². The second kappa shape index (κ2) is 7.09. The highest BCUT2D eigenvalue weighted by Gasteiger charge is 2.21. The molecule has 2 N–H and O–H groups in total. The van der Waals surface area contributed by atoms with Crippen LogP contribution >= 0.6 is 47.2 Å². The van der Waals surface area contributed by atoms with E-state index in [0.29, 0.717) is 10.1 Å². The molecule has 0 bridgehead atoms. The number of thioether (sulfide) groups is 1. The van der Waals surface area contributed by atoms with E-state index >= 15 is 0 Å². The molecular weight excluding hydrogens is 355 g/mol. The minimum absolute atomic E-state index is 0.175. The van der Waals surface area contributed by atoms with Crippen molar-refractivity contribution in [1.29, 1.82) is 0 Å². The first-order valence-corrected chi connectivity index (χ1v) is 9.02. The highest BCUT2D eigenvalue weighted by atomic mass is 35.5. The van der Waals surface area contributed by atoms with Crippen LogP contribution in [0.25, 0.3) is 0 Å². The normalized spacial score (nSPS) is 16.7. The number of rotatable bonds is 2. The Balaban J connectivity index is 1.71. The summed E-state index contributed by atoms with van der Waals surface area (Å²) in [6, 6.07) is 13.7. The van der Waals surface area contributed by atoms with Crippen molar-refractivity contribution in [3.63, 3.8) is 0 Å². The maximum absolute atomic E-state index is 6.13. The van der Waals surface area contributed by atoms with Gasteiger partial charge in [-0.3, -0.25) is 0 Å². The molecule has 0 fully saturated rings. The summed E-state index contributed by atoms with van der Waals surface area (Å²) in [6.07, 6.45) is 1.01. The molecule has 2 nitrogen and oxygen atoms in total. The average Bonchev–Trinajstić information content (AvgIpc) is 2.48. The third kappa shape index (κ3) is 3.87. The number of hydrogen-bond donors (Lipinski definition) is 2. The molecule has 1 aliphatic heterocycles. The van der Waals surface area contributed by atoms with Crippen LogP contribution in [-0.2, 0) is 0 Å². The molecule has 3 rings (SSSR count). The minimum atomic E-state index is 0.175. The van der Waals surface area contributed by atoms with Gasteiger partial charge in [-0.25, -0.2) is 0 Å². The third-order valence-electron chi connectivity index (χ3n) is 3.40. The fraction of sp³-hybridized carbons (Fsp3) is 0.188. The summed E-state index contributed by atoms with van der Waals surface area (Å²) in [7, 11) is 0. The van der Waals surface area contributed by atoms with Crippen molar-refractivity contribution in [2.24, 2.45) is 0 Å². The molecule has 0 saturated heterocycles. The Morgan fingerprint density at radius 1 is 1.14 bits per heavy atom. The molecule has 0 aromatic heterocycles. The molecule has 0 saturated carbocycles. The van der Waals surface area contributed by atoms with Crippen molar-refractivity contribution >= 4 is 58.0 Å². The molecule has 0 unspecified atom stereocenters. The standard InChI is InChI=1S/C16H14Cl2N2S2/c17-10-2-1-3-12(8-10)19-16(21)20-14-6-7-22-15-5-4-11(18)9-13(14)15/h1-5,8-9,14H,6-7H2,(H2,19,20,21)/t14-/m0/s1. The first kappa shape index (κ1) is 15.9. The zero-order valence-electron chi connectivity index (χ0n) is 11.6. The maximum atomic E-state index is 6.13. The van der Waals surface area contributed by atoms with E-state index in [1.54, 1.807) is 0 Å². The molecule has 0 radical (unpaired) electrons. The predicted octanol–water partition coefficient (Wildman–Crippen LogP) is 5.52. The van der Waals surface area contributed by atoms with Crippen LogP contribution < -0.4 is 10.6 Å². The number of hydrogen-bond acceptors (Lipinski definition) is 2. The van der Waals surface area contributed by atoms with Crippen LogP contribution in [0, 0.1) is 0 Å². The summed E-state index contributed by atoms with van der Waals surface area (Å²) < 4.78 is 0. The summed E-state index contributed by atoms with van der Waals surface area (Å²) in [4.78, 5) is 1.26. The zero-order valence-corrected chi connectivity index (χ0v) is 14.8. The molecule has 0 aliphatic carbocycles. The van der Waals surface area contributed by atoms with Gasteiger partial charge < -0.3 is 10.6 Å². The lowest BCUT2D eigenvalue weighted by Crippen LogP contribution is -2.33.